The van der Waals surface area contributed by atoms with Crippen molar-refractivity contribution in [2.24, 2.45) is 0 Å². The van der Waals surface area contributed by atoms with Crippen molar-refractivity contribution < 1.29 is 0 Å². The summed E-state index contributed by atoms with van der Waals surface area (Å²) in [5.41, 5.74) is 10.9. The van der Waals surface area contributed by atoms with E-state index in [1.807, 2.05) is 16.4 Å². The highest BCUT2D eigenvalue weighted by atomic mass is 32.2. The average molecular weight is 259 g/mol. The zero-order valence-corrected chi connectivity index (χ0v) is 11.5. The maximum Gasteiger partial charge on any atom is 0.131 e. The monoisotopic (exact) mass is 259 g/mol. The molecule has 4 heteroatoms. The Bertz CT molecular complexity index is 569. The lowest BCUT2D eigenvalue weighted by Crippen LogP contribution is -2.03. The summed E-state index contributed by atoms with van der Waals surface area (Å²) in [6.07, 6.45) is 0. The van der Waals surface area contributed by atoms with E-state index < -0.39 is 0 Å². The first-order valence-electron chi connectivity index (χ1n) is 6.21. The molecule has 2 N–H and O–H groups in total. The summed E-state index contributed by atoms with van der Waals surface area (Å²) in [6, 6.07) is 8.50. The second kappa shape index (κ2) is 4.35. The van der Waals surface area contributed by atoms with Gasteiger partial charge in [-0.25, -0.2) is 4.68 Å². The second-order valence-electron chi connectivity index (χ2n) is 4.96. The van der Waals surface area contributed by atoms with Gasteiger partial charge in [-0.1, -0.05) is 26.0 Å². The summed E-state index contributed by atoms with van der Waals surface area (Å²) in [6.45, 7) is 4.39. The molecule has 1 aromatic heterocycles. The van der Waals surface area contributed by atoms with Crippen LogP contribution in [0.25, 0.3) is 5.69 Å². The number of nitrogens with zero attached hydrogens (tertiary/aromatic N) is 2. The Morgan fingerprint density at radius 3 is 2.56 bits per heavy atom. The highest BCUT2D eigenvalue weighted by Gasteiger charge is 2.21. The molecular formula is C14H17N3S. The number of benzene rings is 1. The standard InChI is InChI=1S/C14H17N3S/c1-9(2)10-3-5-11(6-4-10)17-14(15)12-7-18-8-13(12)16-17/h3-6,9H,7-8,15H2,1-2H3. The third kappa shape index (κ3) is 1.81. The van der Waals surface area contributed by atoms with Gasteiger partial charge in [-0.15, -0.1) is 0 Å². The van der Waals surface area contributed by atoms with Crippen LogP contribution in [0.4, 0.5) is 5.82 Å². The number of rotatable bonds is 2. The van der Waals surface area contributed by atoms with Crippen molar-refractivity contribution in [1.82, 2.24) is 9.78 Å². The Hall–Kier alpha value is -1.42. The lowest BCUT2D eigenvalue weighted by atomic mass is 10.0. The van der Waals surface area contributed by atoms with E-state index in [0.717, 1.165) is 28.7 Å². The first kappa shape index (κ1) is 11.7. The minimum atomic E-state index is 0.551. The summed E-state index contributed by atoms with van der Waals surface area (Å²) in [4.78, 5) is 0. The Morgan fingerprint density at radius 2 is 1.94 bits per heavy atom. The maximum atomic E-state index is 6.17. The zero-order chi connectivity index (χ0) is 12.7. The van der Waals surface area contributed by atoms with Crippen LogP contribution in [0.1, 0.15) is 36.6 Å². The number of anilines is 1. The molecule has 0 radical (unpaired) electrons. The number of nitrogens with two attached hydrogens (primary N) is 1. The predicted octanol–water partition coefficient (Wildman–Crippen LogP) is 3.32. The van der Waals surface area contributed by atoms with Crippen LogP contribution >= 0.6 is 11.8 Å². The van der Waals surface area contributed by atoms with Gasteiger partial charge in [0.25, 0.3) is 0 Å². The molecule has 0 saturated heterocycles. The molecule has 2 heterocycles. The lowest BCUT2D eigenvalue weighted by Gasteiger charge is -2.08. The third-order valence-electron chi connectivity index (χ3n) is 3.40. The minimum Gasteiger partial charge on any atom is -0.383 e. The summed E-state index contributed by atoms with van der Waals surface area (Å²) >= 11 is 1.88. The van der Waals surface area contributed by atoms with E-state index in [9.17, 15) is 0 Å². The molecule has 3 rings (SSSR count). The van der Waals surface area contributed by atoms with E-state index in [4.69, 9.17) is 5.73 Å². The predicted molar refractivity (Wildman–Crippen MR) is 77.1 cm³/mol. The van der Waals surface area contributed by atoms with Crippen LogP contribution in [0, 0.1) is 0 Å². The van der Waals surface area contributed by atoms with Crippen molar-refractivity contribution >= 4 is 17.6 Å². The van der Waals surface area contributed by atoms with Crippen molar-refractivity contribution in [1.29, 1.82) is 0 Å². The van der Waals surface area contributed by atoms with Crippen molar-refractivity contribution in [2.45, 2.75) is 31.3 Å². The number of hydrogen-bond donors (Lipinski definition) is 1. The molecule has 3 nitrogen and oxygen atoms in total. The topological polar surface area (TPSA) is 43.8 Å². The molecule has 0 fully saturated rings. The summed E-state index contributed by atoms with van der Waals surface area (Å²) < 4.78 is 1.87. The third-order valence-corrected chi connectivity index (χ3v) is 4.37. The smallest absolute Gasteiger partial charge is 0.131 e. The molecule has 0 bridgehead atoms. The fraction of sp³-hybridized carbons (Fsp3) is 0.357. The van der Waals surface area contributed by atoms with Gasteiger partial charge >= 0.3 is 0 Å². The Balaban J connectivity index is 2.00. The fourth-order valence-corrected chi connectivity index (χ4v) is 3.28. The molecule has 94 valence electrons. The second-order valence-corrected chi connectivity index (χ2v) is 5.95. The Morgan fingerprint density at radius 1 is 1.22 bits per heavy atom. The van der Waals surface area contributed by atoms with Crippen molar-refractivity contribution in [3.63, 3.8) is 0 Å². The van der Waals surface area contributed by atoms with E-state index in [1.165, 1.54) is 11.1 Å². The molecule has 2 aromatic rings. The van der Waals surface area contributed by atoms with Crippen LogP contribution in [-0.4, -0.2) is 9.78 Å². The molecule has 0 atom stereocenters. The highest BCUT2D eigenvalue weighted by molar-refractivity contribution is 7.98. The molecule has 0 unspecified atom stereocenters. The van der Waals surface area contributed by atoms with E-state index in [0.29, 0.717) is 5.92 Å². The van der Waals surface area contributed by atoms with Gasteiger partial charge in [-0.2, -0.15) is 16.9 Å². The number of aromatic nitrogens is 2. The molecule has 0 saturated carbocycles. The zero-order valence-electron chi connectivity index (χ0n) is 10.7. The molecule has 1 aromatic carbocycles. The largest absolute Gasteiger partial charge is 0.383 e. The number of hydrogen-bond acceptors (Lipinski definition) is 3. The summed E-state index contributed by atoms with van der Waals surface area (Å²) in [7, 11) is 0. The lowest BCUT2D eigenvalue weighted by molar-refractivity contribution is 0.850. The van der Waals surface area contributed by atoms with Crippen molar-refractivity contribution in [2.75, 3.05) is 5.73 Å². The van der Waals surface area contributed by atoms with Crippen LogP contribution in [0.5, 0.6) is 0 Å². The van der Waals surface area contributed by atoms with Gasteiger partial charge in [-0.3, -0.25) is 0 Å². The SMILES string of the molecule is CC(C)c1ccc(-n2nc3c(c2N)CSC3)cc1. The van der Waals surface area contributed by atoms with Gasteiger partial charge in [-0.05, 0) is 23.6 Å². The van der Waals surface area contributed by atoms with E-state index in [-0.39, 0.29) is 0 Å². The average Bonchev–Trinajstić information content (AvgIpc) is 2.93. The van der Waals surface area contributed by atoms with Gasteiger partial charge in [0.2, 0.25) is 0 Å². The normalized spacial score (nSPS) is 14.2. The first-order chi connectivity index (χ1) is 8.66. The molecule has 1 aliphatic heterocycles. The molecule has 1 aliphatic rings. The number of fused-ring (bicyclic) bond motifs is 1. The van der Waals surface area contributed by atoms with Gasteiger partial charge < -0.3 is 5.73 Å². The summed E-state index contributed by atoms with van der Waals surface area (Å²) in [5, 5.41) is 4.61. The van der Waals surface area contributed by atoms with Crippen molar-refractivity contribution in [3.8, 4) is 5.69 Å². The van der Waals surface area contributed by atoms with Gasteiger partial charge in [0, 0.05) is 17.1 Å². The van der Waals surface area contributed by atoms with Crippen LogP contribution in [0.15, 0.2) is 24.3 Å². The molecule has 0 spiro atoms. The highest BCUT2D eigenvalue weighted by Crippen LogP contribution is 2.34. The molecule has 0 aliphatic carbocycles. The van der Waals surface area contributed by atoms with Gasteiger partial charge in [0.15, 0.2) is 0 Å². The van der Waals surface area contributed by atoms with Gasteiger partial charge in [0.05, 0.1) is 11.4 Å². The van der Waals surface area contributed by atoms with Crippen LogP contribution < -0.4 is 5.73 Å². The number of nitrogen functional groups attached to an aromatic ring is 1. The van der Waals surface area contributed by atoms with E-state index >= 15 is 0 Å². The van der Waals surface area contributed by atoms with E-state index in [2.05, 4.69) is 43.2 Å². The minimum absolute atomic E-state index is 0.551. The summed E-state index contributed by atoms with van der Waals surface area (Å²) in [5.74, 6) is 3.32. The Kier molecular flexibility index (Phi) is 2.82. The van der Waals surface area contributed by atoms with Crippen LogP contribution in [-0.2, 0) is 11.5 Å². The van der Waals surface area contributed by atoms with E-state index in [1.54, 1.807) is 0 Å². The maximum absolute atomic E-state index is 6.17. The van der Waals surface area contributed by atoms with Gasteiger partial charge in [0.1, 0.15) is 5.82 Å². The molecule has 0 amide bonds. The van der Waals surface area contributed by atoms with Crippen molar-refractivity contribution in [3.05, 3.63) is 41.1 Å². The fourth-order valence-electron chi connectivity index (χ4n) is 2.23. The first-order valence-corrected chi connectivity index (χ1v) is 7.36. The Labute approximate surface area is 111 Å². The number of thioether (sulfide) groups is 1. The van der Waals surface area contributed by atoms with Crippen LogP contribution in [0.3, 0.4) is 0 Å². The quantitative estimate of drug-likeness (QED) is 0.899. The van der Waals surface area contributed by atoms with Crippen LogP contribution in [0.2, 0.25) is 0 Å². The molecule has 18 heavy (non-hydrogen) atoms. The molecular weight excluding hydrogens is 242 g/mol.